The highest BCUT2D eigenvalue weighted by Gasteiger charge is 2.65. The highest BCUT2D eigenvalue weighted by Crippen LogP contribution is 2.60. The number of hydrogen-bond donors (Lipinski definition) is 3. The van der Waals surface area contributed by atoms with Gasteiger partial charge in [0.2, 0.25) is 5.91 Å². The number of carboxylic acids is 1. The Morgan fingerprint density at radius 1 is 1.07 bits per heavy atom. The summed E-state index contributed by atoms with van der Waals surface area (Å²) in [4.78, 5) is 24.8. The van der Waals surface area contributed by atoms with Gasteiger partial charge in [-0.05, 0) is 74.3 Å². The van der Waals surface area contributed by atoms with Gasteiger partial charge in [-0.3, -0.25) is 9.59 Å². The number of hydrogen-bond acceptors (Lipinski definition) is 4. The van der Waals surface area contributed by atoms with Crippen molar-refractivity contribution in [1.29, 1.82) is 0 Å². The quantitative estimate of drug-likeness (QED) is 0.248. The summed E-state index contributed by atoms with van der Waals surface area (Å²) in [5.74, 6) is -3.08. The largest absolute Gasteiger partial charge is 0.481 e. The van der Waals surface area contributed by atoms with Gasteiger partial charge in [0.25, 0.3) is 0 Å². The third-order valence-electron chi connectivity index (χ3n) is 9.22. The van der Waals surface area contributed by atoms with Crippen molar-refractivity contribution in [2.75, 3.05) is 5.32 Å². The number of benzene rings is 2. The first-order valence-corrected chi connectivity index (χ1v) is 14.9. The molecule has 2 aromatic carbocycles. The number of nitrogens with zero attached hydrogens (tertiary/aromatic N) is 2. The third-order valence-corrected chi connectivity index (χ3v) is 9.55. The molecular weight excluding hydrogens is 602 g/mol. The van der Waals surface area contributed by atoms with Gasteiger partial charge in [0.1, 0.15) is 5.82 Å². The molecule has 3 aliphatic rings. The number of carboxylic acid groups (broad SMARTS) is 1. The van der Waals surface area contributed by atoms with Crippen LogP contribution in [0.2, 0.25) is 5.02 Å². The second kappa shape index (κ2) is 11.3. The molecule has 3 N–H and O–H groups in total. The molecule has 1 amide bonds. The van der Waals surface area contributed by atoms with Crippen LogP contribution in [-0.4, -0.2) is 38.0 Å². The lowest BCUT2D eigenvalue weighted by Gasteiger charge is -2.28. The molecule has 1 saturated carbocycles. The molecule has 0 bridgehead atoms. The molecule has 44 heavy (non-hydrogen) atoms. The fourth-order valence-electron chi connectivity index (χ4n) is 6.56. The van der Waals surface area contributed by atoms with E-state index in [4.69, 9.17) is 16.7 Å². The molecule has 3 atom stereocenters. The highest BCUT2D eigenvalue weighted by atomic mass is 35.5. The van der Waals surface area contributed by atoms with Gasteiger partial charge in [-0.2, -0.15) is 18.3 Å². The fourth-order valence-corrected chi connectivity index (χ4v) is 6.83. The number of aliphatic hydroxyl groups excluding tert-OH is 1. The van der Waals surface area contributed by atoms with Crippen LogP contribution in [0.15, 0.2) is 48.5 Å². The summed E-state index contributed by atoms with van der Waals surface area (Å²) < 4.78 is 58.3. The van der Waals surface area contributed by atoms with Crippen LogP contribution in [0.4, 0.5) is 23.2 Å². The molecule has 0 aliphatic heterocycles. The van der Waals surface area contributed by atoms with Crippen LogP contribution in [0.5, 0.6) is 0 Å². The predicted octanol–water partition coefficient (Wildman–Crippen LogP) is 6.82. The van der Waals surface area contributed by atoms with Gasteiger partial charge in [-0.15, -0.1) is 0 Å². The third kappa shape index (κ3) is 5.30. The maximum Gasteiger partial charge on any atom is 0.398 e. The minimum Gasteiger partial charge on any atom is -0.481 e. The minimum absolute atomic E-state index is 0.0282. The summed E-state index contributed by atoms with van der Waals surface area (Å²) >= 11 is 6.49. The first-order valence-electron chi connectivity index (χ1n) is 14.5. The normalized spacial score (nSPS) is 21.6. The van der Waals surface area contributed by atoms with Crippen LogP contribution in [0.3, 0.4) is 0 Å². The zero-order chi connectivity index (χ0) is 31.4. The molecule has 3 unspecified atom stereocenters. The molecule has 0 spiro atoms. The monoisotopic (exact) mass is 631 g/mol. The minimum atomic E-state index is -4.55. The van der Waals surface area contributed by atoms with Crippen molar-refractivity contribution < 1.29 is 37.4 Å². The number of anilines is 1. The second-order valence-corrected chi connectivity index (χ2v) is 12.2. The molecule has 0 saturated heterocycles. The summed E-state index contributed by atoms with van der Waals surface area (Å²) in [6.07, 6.45) is -2.73. The van der Waals surface area contributed by atoms with E-state index in [1.54, 1.807) is 6.07 Å². The molecule has 0 radical (unpaired) electrons. The van der Waals surface area contributed by atoms with E-state index in [9.17, 15) is 37.4 Å². The molecule has 1 heterocycles. The number of para-hydroxylation sites is 1. The summed E-state index contributed by atoms with van der Waals surface area (Å²) in [5.41, 5.74) is 0.226. The Morgan fingerprint density at radius 2 is 1.80 bits per heavy atom. The lowest BCUT2D eigenvalue weighted by atomic mass is 9.82. The van der Waals surface area contributed by atoms with E-state index in [1.807, 2.05) is 6.08 Å². The van der Waals surface area contributed by atoms with E-state index >= 15 is 0 Å². The van der Waals surface area contributed by atoms with Crippen molar-refractivity contribution in [3.63, 3.8) is 0 Å². The van der Waals surface area contributed by atoms with Crippen LogP contribution in [0.25, 0.3) is 5.57 Å². The number of carbonyl (C=O) groups is 2. The van der Waals surface area contributed by atoms with Crippen molar-refractivity contribution in [2.24, 2.45) is 11.8 Å². The van der Waals surface area contributed by atoms with Gasteiger partial charge < -0.3 is 15.5 Å². The average Bonchev–Trinajstić information content (AvgIpc) is 3.73. The Hall–Kier alpha value is -3.70. The maximum absolute atomic E-state index is 14.3. The Labute approximate surface area is 255 Å². The van der Waals surface area contributed by atoms with Crippen molar-refractivity contribution in [2.45, 2.75) is 69.2 Å². The lowest BCUT2D eigenvalue weighted by Crippen LogP contribution is -2.32. The zero-order valence-electron chi connectivity index (χ0n) is 23.5. The second-order valence-electron chi connectivity index (χ2n) is 11.8. The molecule has 7 nitrogen and oxygen atoms in total. The van der Waals surface area contributed by atoms with Gasteiger partial charge >= 0.3 is 12.1 Å². The number of allylic oxidation sites excluding steroid dienone is 2. The van der Waals surface area contributed by atoms with E-state index in [-0.39, 0.29) is 41.1 Å². The number of amides is 1. The van der Waals surface area contributed by atoms with Gasteiger partial charge in [-0.1, -0.05) is 41.9 Å². The highest BCUT2D eigenvalue weighted by molar-refractivity contribution is 6.31. The van der Waals surface area contributed by atoms with E-state index in [2.05, 4.69) is 5.32 Å². The summed E-state index contributed by atoms with van der Waals surface area (Å²) in [6.45, 7) is 0. The van der Waals surface area contributed by atoms with Crippen molar-refractivity contribution in [1.82, 2.24) is 9.78 Å². The average molecular weight is 632 g/mol. The Morgan fingerprint density at radius 3 is 2.43 bits per heavy atom. The van der Waals surface area contributed by atoms with Gasteiger partial charge in [0.15, 0.2) is 6.23 Å². The first kappa shape index (κ1) is 30.3. The van der Waals surface area contributed by atoms with Crippen LogP contribution in [0, 0.1) is 17.7 Å². The molecule has 6 rings (SSSR count). The number of halogens is 5. The molecule has 3 aromatic rings. The van der Waals surface area contributed by atoms with Crippen LogP contribution >= 0.6 is 11.6 Å². The summed E-state index contributed by atoms with van der Waals surface area (Å²) in [5, 5.41) is 28.5. The first-order chi connectivity index (χ1) is 20.9. The van der Waals surface area contributed by atoms with Crippen molar-refractivity contribution in [3.8, 4) is 0 Å². The Bertz CT molecular complexity index is 1660. The predicted molar refractivity (Wildman–Crippen MR) is 155 cm³/mol. The number of aliphatic carboxylic acids is 1. The zero-order valence-corrected chi connectivity index (χ0v) is 24.3. The van der Waals surface area contributed by atoms with Crippen LogP contribution in [-0.2, 0) is 27.8 Å². The number of aliphatic hydroxyl groups is 1. The smallest absolute Gasteiger partial charge is 0.398 e. The molecular formula is C32H30ClF4N3O4. The topological polar surface area (TPSA) is 104 Å². The number of carbonyl (C=O) groups excluding carboxylic acids is 1. The van der Waals surface area contributed by atoms with Gasteiger partial charge in [0.05, 0.1) is 22.7 Å². The molecule has 12 heteroatoms. The van der Waals surface area contributed by atoms with Crippen LogP contribution < -0.4 is 5.32 Å². The Balaban J connectivity index is 1.41. The van der Waals surface area contributed by atoms with Crippen molar-refractivity contribution in [3.05, 3.63) is 87.5 Å². The van der Waals surface area contributed by atoms with E-state index < -0.39 is 47.3 Å². The lowest BCUT2D eigenvalue weighted by molar-refractivity contribution is -0.161. The molecule has 232 valence electrons. The molecule has 3 aliphatic carbocycles. The van der Waals surface area contributed by atoms with Crippen molar-refractivity contribution >= 4 is 34.7 Å². The van der Waals surface area contributed by atoms with Gasteiger partial charge in [0, 0.05) is 34.2 Å². The summed E-state index contributed by atoms with van der Waals surface area (Å²) in [6, 6.07) is 9.96. The Kier molecular flexibility index (Phi) is 7.82. The fraction of sp³-hybridized carbons (Fsp3) is 0.406. The number of alkyl halides is 3. The maximum atomic E-state index is 14.3. The number of fused-ring (bicyclic) bond motifs is 1. The number of nitrogens with one attached hydrogen (secondary N) is 1. The van der Waals surface area contributed by atoms with Crippen LogP contribution in [0.1, 0.15) is 72.8 Å². The summed E-state index contributed by atoms with van der Waals surface area (Å²) in [7, 11) is 0. The molecule has 1 aromatic heterocycles. The van der Waals surface area contributed by atoms with E-state index in [0.717, 1.165) is 11.1 Å². The standard InChI is InChI=1S/C32H30ClF4N3O4/c33-22-5-3-4-21(31(14-15-31)32(35,36)37)26(22)29(42)40-25-16-19(28(41)38-24-7-2-1-6-23(24)34)12-13-20(25)27(39-40)17-8-10-18(11-9-17)30(43)44/h1-8,18-19,29,42H,9-16H2,(H,38,41)(H,43,44). The number of rotatable bonds is 7. The van der Waals surface area contributed by atoms with E-state index in [0.29, 0.717) is 43.5 Å². The SMILES string of the molecule is O=C(O)C1CC=C(c2nn(C(O)c3c(Cl)cccc3C3(C(F)(F)F)CC3)c3c2CCC(C(=O)Nc2ccccc2F)C3)CC1. The van der Waals surface area contributed by atoms with E-state index in [1.165, 1.54) is 41.1 Å². The number of aromatic nitrogens is 2. The van der Waals surface area contributed by atoms with Gasteiger partial charge in [-0.25, -0.2) is 9.07 Å². The molecule has 1 fully saturated rings.